The second-order valence-corrected chi connectivity index (χ2v) is 6.31. The molecule has 3 nitrogen and oxygen atoms in total. The van der Waals surface area contributed by atoms with Gasteiger partial charge in [0.05, 0.1) is 5.25 Å². The summed E-state index contributed by atoms with van der Waals surface area (Å²) in [6.45, 7) is 3.93. The Hall–Kier alpha value is -0.350. The van der Waals surface area contributed by atoms with Crippen molar-refractivity contribution in [1.29, 1.82) is 0 Å². The summed E-state index contributed by atoms with van der Waals surface area (Å²) in [6.07, 6.45) is 6.62. The van der Waals surface area contributed by atoms with Gasteiger partial charge in [0.1, 0.15) is 0 Å². The predicted octanol–water partition coefficient (Wildman–Crippen LogP) is 1.81. The molecule has 0 bridgehead atoms. The topological polar surface area (TPSA) is 46.2 Å². The van der Waals surface area contributed by atoms with Crippen molar-refractivity contribution in [2.75, 3.05) is 6.54 Å². The summed E-state index contributed by atoms with van der Waals surface area (Å²) in [4.78, 5) is 0. The molecule has 0 aromatic carbocycles. The number of allylic oxidation sites excluding steroid dienone is 1. The van der Waals surface area contributed by atoms with Crippen LogP contribution in [0.25, 0.3) is 0 Å². The molecule has 1 rings (SSSR count). The van der Waals surface area contributed by atoms with Gasteiger partial charge in [-0.25, -0.2) is 13.1 Å². The standard InChI is InChI=1S/C10H19NO2S/c1-9(2)14(12,13)11-8-7-10-5-3-4-6-10/h5,9,11H,3-4,6-8H2,1-2H3. The van der Waals surface area contributed by atoms with E-state index in [1.165, 1.54) is 12.0 Å². The van der Waals surface area contributed by atoms with Crippen molar-refractivity contribution in [3.63, 3.8) is 0 Å². The van der Waals surface area contributed by atoms with Crippen molar-refractivity contribution in [3.8, 4) is 0 Å². The molecule has 0 aromatic heterocycles. The summed E-state index contributed by atoms with van der Waals surface area (Å²) in [7, 11) is -3.07. The Morgan fingerprint density at radius 3 is 2.71 bits per heavy atom. The van der Waals surface area contributed by atoms with Crippen LogP contribution < -0.4 is 4.72 Å². The minimum absolute atomic E-state index is 0.333. The zero-order valence-corrected chi connectivity index (χ0v) is 9.73. The normalized spacial score (nSPS) is 17.5. The molecule has 82 valence electrons. The smallest absolute Gasteiger partial charge is 0.213 e. The lowest BCUT2D eigenvalue weighted by Gasteiger charge is -2.09. The fraction of sp³-hybridized carbons (Fsp3) is 0.800. The van der Waals surface area contributed by atoms with E-state index in [0.29, 0.717) is 6.54 Å². The van der Waals surface area contributed by atoms with Gasteiger partial charge in [-0.2, -0.15) is 0 Å². The molecule has 0 amide bonds. The fourth-order valence-electron chi connectivity index (χ4n) is 1.48. The maximum Gasteiger partial charge on any atom is 0.213 e. The van der Waals surface area contributed by atoms with Crippen LogP contribution in [0.4, 0.5) is 0 Å². The lowest BCUT2D eigenvalue weighted by atomic mass is 10.2. The summed E-state index contributed by atoms with van der Waals surface area (Å²) in [5.41, 5.74) is 1.40. The maximum absolute atomic E-state index is 11.4. The molecule has 0 aromatic rings. The molecular weight excluding hydrogens is 198 g/mol. The Morgan fingerprint density at radius 1 is 1.50 bits per heavy atom. The summed E-state index contributed by atoms with van der Waals surface area (Å²) in [5, 5.41) is -0.333. The van der Waals surface area contributed by atoms with Crippen LogP contribution in [-0.2, 0) is 10.0 Å². The molecule has 1 N–H and O–H groups in total. The molecule has 0 radical (unpaired) electrons. The summed E-state index contributed by atoms with van der Waals surface area (Å²) >= 11 is 0. The van der Waals surface area contributed by atoms with Crippen LogP contribution in [0.2, 0.25) is 0 Å². The molecule has 0 heterocycles. The second-order valence-electron chi connectivity index (χ2n) is 3.99. The van der Waals surface area contributed by atoms with Gasteiger partial charge in [0.15, 0.2) is 0 Å². The van der Waals surface area contributed by atoms with Gasteiger partial charge < -0.3 is 0 Å². The fourth-order valence-corrected chi connectivity index (χ4v) is 2.20. The third-order valence-corrected chi connectivity index (χ3v) is 4.35. The van der Waals surface area contributed by atoms with E-state index >= 15 is 0 Å². The van der Waals surface area contributed by atoms with Crippen LogP contribution in [0.1, 0.15) is 39.5 Å². The summed E-state index contributed by atoms with van der Waals surface area (Å²) in [5.74, 6) is 0. The molecule has 14 heavy (non-hydrogen) atoms. The van der Waals surface area contributed by atoms with E-state index < -0.39 is 10.0 Å². The molecule has 0 saturated carbocycles. The van der Waals surface area contributed by atoms with Crippen molar-refractivity contribution in [2.45, 2.75) is 44.8 Å². The Morgan fingerprint density at radius 2 is 2.21 bits per heavy atom. The highest BCUT2D eigenvalue weighted by atomic mass is 32.2. The second kappa shape index (κ2) is 4.94. The third-order valence-electron chi connectivity index (χ3n) is 2.50. The van der Waals surface area contributed by atoms with Crippen molar-refractivity contribution < 1.29 is 8.42 Å². The SMILES string of the molecule is CC(C)S(=O)(=O)NCCC1=CCCC1. The Kier molecular flexibility index (Phi) is 4.13. The average molecular weight is 217 g/mol. The zero-order chi connectivity index (χ0) is 10.6. The van der Waals surface area contributed by atoms with Gasteiger partial charge in [0, 0.05) is 6.54 Å². The van der Waals surface area contributed by atoms with Gasteiger partial charge >= 0.3 is 0 Å². The van der Waals surface area contributed by atoms with Crippen LogP contribution >= 0.6 is 0 Å². The first-order chi connectivity index (χ1) is 6.52. The summed E-state index contributed by atoms with van der Waals surface area (Å²) in [6, 6.07) is 0. The van der Waals surface area contributed by atoms with Gasteiger partial charge in [-0.15, -0.1) is 0 Å². The lowest BCUT2D eigenvalue weighted by molar-refractivity contribution is 0.572. The van der Waals surface area contributed by atoms with Crippen LogP contribution in [0.5, 0.6) is 0 Å². The molecule has 1 aliphatic rings. The maximum atomic E-state index is 11.4. The largest absolute Gasteiger partial charge is 0.215 e. The van der Waals surface area contributed by atoms with Crippen molar-refractivity contribution in [3.05, 3.63) is 11.6 Å². The van der Waals surface area contributed by atoms with E-state index in [-0.39, 0.29) is 5.25 Å². The molecule has 0 spiro atoms. The van der Waals surface area contributed by atoms with E-state index in [9.17, 15) is 8.42 Å². The van der Waals surface area contributed by atoms with Gasteiger partial charge in [-0.3, -0.25) is 0 Å². The molecule has 0 atom stereocenters. The highest BCUT2D eigenvalue weighted by Crippen LogP contribution is 2.19. The predicted molar refractivity (Wildman–Crippen MR) is 58.6 cm³/mol. The van der Waals surface area contributed by atoms with Gasteiger partial charge in [-0.05, 0) is 39.5 Å². The van der Waals surface area contributed by atoms with Crippen LogP contribution in [0, 0.1) is 0 Å². The van der Waals surface area contributed by atoms with Crippen molar-refractivity contribution in [1.82, 2.24) is 4.72 Å². The first kappa shape index (κ1) is 11.7. The number of nitrogens with one attached hydrogen (secondary N) is 1. The van der Waals surface area contributed by atoms with E-state index in [1.54, 1.807) is 13.8 Å². The number of rotatable bonds is 5. The minimum Gasteiger partial charge on any atom is -0.215 e. The lowest BCUT2D eigenvalue weighted by Crippen LogP contribution is -2.31. The first-order valence-electron chi connectivity index (χ1n) is 5.19. The van der Waals surface area contributed by atoms with Crippen molar-refractivity contribution in [2.24, 2.45) is 0 Å². The molecule has 0 saturated heterocycles. The van der Waals surface area contributed by atoms with Crippen molar-refractivity contribution >= 4 is 10.0 Å². The molecule has 0 unspecified atom stereocenters. The van der Waals surface area contributed by atoms with Crippen LogP contribution in [-0.4, -0.2) is 20.2 Å². The van der Waals surface area contributed by atoms with E-state index in [0.717, 1.165) is 19.3 Å². The number of sulfonamides is 1. The van der Waals surface area contributed by atoms with E-state index in [2.05, 4.69) is 10.8 Å². The quantitative estimate of drug-likeness (QED) is 0.714. The number of hydrogen-bond acceptors (Lipinski definition) is 2. The van der Waals surface area contributed by atoms with Gasteiger partial charge in [-0.1, -0.05) is 11.6 Å². The minimum atomic E-state index is -3.07. The number of hydrogen-bond donors (Lipinski definition) is 1. The first-order valence-corrected chi connectivity index (χ1v) is 6.73. The van der Waals surface area contributed by atoms with Gasteiger partial charge in [0.2, 0.25) is 10.0 Å². The van der Waals surface area contributed by atoms with E-state index in [4.69, 9.17) is 0 Å². The highest BCUT2D eigenvalue weighted by molar-refractivity contribution is 7.90. The summed E-state index contributed by atoms with van der Waals surface area (Å²) < 4.78 is 25.4. The highest BCUT2D eigenvalue weighted by Gasteiger charge is 2.14. The zero-order valence-electron chi connectivity index (χ0n) is 8.91. The Labute approximate surface area is 86.6 Å². The molecule has 0 fully saturated rings. The van der Waals surface area contributed by atoms with Gasteiger partial charge in [0.25, 0.3) is 0 Å². The van der Waals surface area contributed by atoms with Crippen LogP contribution in [0.15, 0.2) is 11.6 Å². The van der Waals surface area contributed by atoms with Crippen LogP contribution in [0.3, 0.4) is 0 Å². The average Bonchev–Trinajstić information content (AvgIpc) is 2.56. The molecule has 1 aliphatic carbocycles. The molecule has 0 aliphatic heterocycles. The molecule has 4 heteroatoms. The molecular formula is C10H19NO2S. The monoisotopic (exact) mass is 217 g/mol. The van der Waals surface area contributed by atoms with E-state index in [1.807, 2.05) is 0 Å². The Bertz CT molecular complexity index is 304. The third kappa shape index (κ3) is 3.42. The Balaban J connectivity index is 2.27.